The zero-order valence-corrected chi connectivity index (χ0v) is 11.5. The summed E-state index contributed by atoms with van der Waals surface area (Å²) in [6.45, 7) is 0. The zero-order valence-electron chi connectivity index (χ0n) is 11.5. The average molecular weight is 290 g/mol. The highest BCUT2D eigenvalue weighted by Crippen LogP contribution is 2.32. The van der Waals surface area contributed by atoms with Crippen LogP contribution in [0.15, 0.2) is 18.2 Å². The van der Waals surface area contributed by atoms with Crippen molar-refractivity contribution in [3.8, 4) is 0 Å². The Kier molecular flexibility index (Phi) is 3.95. The maximum Gasteiger partial charge on any atom is 0.248 e. The van der Waals surface area contributed by atoms with E-state index in [4.69, 9.17) is 17.2 Å². The van der Waals surface area contributed by atoms with Gasteiger partial charge in [0.05, 0.1) is 0 Å². The molecule has 0 saturated heterocycles. The second kappa shape index (κ2) is 5.53. The van der Waals surface area contributed by atoms with E-state index in [1.54, 1.807) is 0 Å². The van der Waals surface area contributed by atoms with Gasteiger partial charge >= 0.3 is 0 Å². The van der Waals surface area contributed by atoms with Crippen LogP contribution < -0.4 is 22.5 Å². The van der Waals surface area contributed by atoms with E-state index < -0.39 is 17.4 Å². The number of nitrogens with one attached hydrogen (secondary N) is 1. The molecule has 2 rings (SSSR count). The largest absolute Gasteiger partial charge is 0.366 e. The Bertz CT molecular complexity index is 576. The number of benzene rings is 1. The summed E-state index contributed by atoms with van der Waals surface area (Å²) < 4.78 is 0. The molecule has 0 heterocycles. The molecule has 0 spiro atoms. The monoisotopic (exact) mass is 290 g/mol. The molecule has 0 aromatic heterocycles. The smallest absolute Gasteiger partial charge is 0.248 e. The fourth-order valence-corrected chi connectivity index (χ4v) is 2.32. The van der Waals surface area contributed by atoms with Crippen molar-refractivity contribution < 1.29 is 14.4 Å². The van der Waals surface area contributed by atoms with Gasteiger partial charge in [-0.2, -0.15) is 0 Å². The Morgan fingerprint density at radius 3 is 1.95 bits per heavy atom. The highest BCUT2D eigenvalue weighted by molar-refractivity contribution is 6.01. The average Bonchev–Trinajstić information content (AvgIpc) is 2.36. The normalized spacial score (nSPS) is 15.9. The first-order valence-corrected chi connectivity index (χ1v) is 6.62. The first-order valence-electron chi connectivity index (χ1n) is 6.62. The van der Waals surface area contributed by atoms with Gasteiger partial charge in [0, 0.05) is 28.8 Å². The maximum absolute atomic E-state index is 12.0. The van der Waals surface area contributed by atoms with Crippen LogP contribution in [0, 0.1) is 0 Å². The number of hydrogen-bond acceptors (Lipinski definition) is 4. The van der Waals surface area contributed by atoms with Crippen molar-refractivity contribution in [1.29, 1.82) is 0 Å². The minimum absolute atomic E-state index is 0.104. The lowest BCUT2D eigenvalue weighted by Gasteiger charge is -2.37. The molecule has 21 heavy (non-hydrogen) atoms. The third kappa shape index (κ3) is 3.57. The molecule has 1 fully saturated rings. The summed E-state index contributed by atoms with van der Waals surface area (Å²) in [5.74, 6) is -1.68. The number of carbonyl (C=O) groups excluding carboxylic acids is 3. The number of amides is 3. The molecule has 1 aliphatic carbocycles. The van der Waals surface area contributed by atoms with Crippen LogP contribution in [0.1, 0.15) is 46.4 Å². The van der Waals surface area contributed by atoms with Gasteiger partial charge in [0.2, 0.25) is 17.7 Å². The Morgan fingerprint density at radius 1 is 1.05 bits per heavy atom. The number of nitrogens with two attached hydrogens (primary N) is 3. The Balaban J connectivity index is 2.16. The Labute approximate surface area is 121 Å². The molecule has 0 aliphatic heterocycles. The molecule has 7 N–H and O–H groups in total. The molecule has 112 valence electrons. The minimum Gasteiger partial charge on any atom is -0.366 e. The van der Waals surface area contributed by atoms with Gasteiger partial charge in [-0.05, 0) is 37.5 Å². The molecule has 1 aromatic rings. The molecule has 7 heteroatoms. The second-order valence-corrected chi connectivity index (χ2v) is 5.47. The van der Waals surface area contributed by atoms with Crippen LogP contribution in [0.25, 0.3) is 0 Å². The predicted molar refractivity (Wildman–Crippen MR) is 77.5 cm³/mol. The van der Waals surface area contributed by atoms with Crippen LogP contribution in [0.2, 0.25) is 0 Å². The molecular formula is C14H18N4O3. The highest BCUT2D eigenvalue weighted by atomic mass is 16.2. The van der Waals surface area contributed by atoms with E-state index >= 15 is 0 Å². The summed E-state index contributed by atoms with van der Waals surface area (Å²) in [5, 5.41) is 2.62. The number of hydrogen-bond donors (Lipinski definition) is 4. The summed E-state index contributed by atoms with van der Waals surface area (Å²) in [6, 6.07) is 4.09. The first-order chi connectivity index (χ1) is 9.79. The van der Waals surface area contributed by atoms with Gasteiger partial charge < -0.3 is 22.5 Å². The van der Waals surface area contributed by atoms with Crippen molar-refractivity contribution in [3.63, 3.8) is 0 Å². The Hall–Kier alpha value is -2.41. The van der Waals surface area contributed by atoms with Crippen LogP contribution in [0.3, 0.4) is 0 Å². The molecule has 0 atom stereocenters. The van der Waals surface area contributed by atoms with Gasteiger partial charge in [0.15, 0.2) is 0 Å². The van der Waals surface area contributed by atoms with Crippen LogP contribution >= 0.6 is 0 Å². The minimum atomic E-state index is -0.706. The molecule has 3 amide bonds. The van der Waals surface area contributed by atoms with Crippen molar-refractivity contribution in [3.05, 3.63) is 29.3 Å². The van der Waals surface area contributed by atoms with Crippen molar-refractivity contribution in [2.75, 3.05) is 5.32 Å². The molecule has 0 bridgehead atoms. The van der Waals surface area contributed by atoms with E-state index in [0.717, 1.165) is 19.3 Å². The van der Waals surface area contributed by atoms with Gasteiger partial charge in [-0.1, -0.05) is 0 Å². The summed E-state index contributed by atoms with van der Waals surface area (Å²) in [5.41, 5.74) is 16.4. The van der Waals surface area contributed by atoms with E-state index in [1.807, 2.05) is 0 Å². The van der Waals surface area contributed by atoms with E-state index in [0.29, 0.717) is 5.69 Å². The summed E-state index contributed by atoms with van der Waals surface area (Å²) >= 11 is 0. The SMILES string of the molecule is NC(=O)c1cc(NC(=O)CC2(N)CCC2)cc(C(N)=O)c1. The molecule has 1 saturated carbocycles. The molecular weight excluding hydrogens is 272 g/mol. The number of anilines is 1. The summed E-state index contributed by atoms with van der Waals surface area (Å²) in [7, 11) is 0. The van der Waals surface area contributed by atoms with E-state index in [9.17, 15) is 14.4 Å². The lowest BCUT2D eigenvalue weighted by atomic mass is 9.75. The van der Waals surface area contributed by atoms with Gasteiger partial charge in [0.25, 0.3) is 0 Å². The highest BCUT2D eigenvalue weighted by Gasteiger charge is 2.34. The van der Waals surface area contributed by atoms with E-state index in [-0.39, 0.29) is 23.5 Å². The molecule has 1 aliphatic rings. The summed E-state index contributed by atoms with van der Waals surface area (Å²) in [4.78, 5) is 34.4. The topological polar surface area (TPSA) is 141 Å². The van der Waals surface area contributed by atoms with Crippen molar-refractivity contribution in [2.24, 2.45) is 17.2 Å². The van der Waals surface area contributed by atoms with Crippen molar-refractivity contribution >= 4 is 23.4 Å². The lowest BCUT2D eigenvalue weighted by Crippen LogP contribution is -2.48. The lowest BCUT2D eigenvalue weighted by molar-refractivity contribution is -0.118. The zero-order chi connectivity index (χ0) is 15.6. The van der Waals surface area contributed by atoms with Crippen LogP contribution in [0.5, 0.6) is 0 Å². The maximum atomic E-state index is 12.0. The van der Waals surface area contributed by atoms with E-state index in [1.165, 1.54) is 18.2 Å². The van der Waals surface area contributed by atoms with Gasteiger partial charge in [-0.3, -0.25) is 14.4 Å². The number of primary amides is 2. The standard InChI is InChI=1S/C14H18N4O3/c15-12(20)8-4-9(13(16)21)6-10(5-8)18-11(19)7-14(17)2-1-3-14/h4-6H,1-3,7,17H2,(H2,15,20)(H2,16,21)(H,18,19). The van der Waals surface area contributed by atoms with Gasteiger partial charge in [-0.15, -0.1) is 0 Å². The third-order valence-electron chi connectivity index (χ3n) is 3.65. The van der Waals surface area contributed by atoms with Crippen LogP contribution in [-0.2, 0) is 4.79 Å². The molecule has 7 nitrogen and oxygen atoms in total. The Morgan fingerprint density at radius 2 is 1.57 bits per heavy atom. The number of carbonyl (C=O) groups is 3. The third-order valence-corrected chi connectivity index (χ3v) is 3.65. The summed E-state index contributed by atoms with van der Waals surface area (Å²) in [6.07, 6.45) is 2.84. The number of rotatable bonds is 5. The second-order valence-electron chi connectivity index (χ2n) is 5.47. The fourth-order valence-electron chi connectivity index (χ4n) is 2.32. The fraction of sp³-hybridized carbons (Fsp3) is 0.357. The predicted octanol–water partition coefficient (Wildman–Crippen LogP) is 0.0944. The quantitative estimate of drug-likeness (QED) is 0.609. The van der Waals surface area contributed by atoms with E-state index in [2.05, 4.69) is 5.32 Å². The first kappa shape index (κ1) is 15.0. The molecule has 1 aromatic carbocycles. The van der Waals surface area contributed by atoms with Crippen LogP contribution in [0.4, 0.5) is 5.69 Å². The molecule has 0 radical (unpaired) electrons. The van der Waals surface area contributed by atoms with Crippen molar-refractivity contribution in [1.82, 2.24) is 0 Å². The van der Waals surface area contributed by atoms with Crippen LogP contribution in [-0.4, -0.2) is 23.3 Å². The van der Waals surface area contributed by atoms with Crippen molar-refractivity contribution in [2.45, 2.75) is 31.2 Å². The van der Waals surface area contributed by atoms with Gasteiger partial charge in [-0.25, -0.2) is 0 Å². The van der Waals surface area contributed by atoms with Gasteiger partial charge in [0.1, 0.15) is 0 Å². The molecule has 0 unspecified atom stereocenters.